The summed E-state index contributed by atoms with van der Waals surface area (Å²) in [5.41, 5.74) is 14.1. The van der Waals surface area contributed by atoms with Crippen molar-refractivity contribution in [1.29, 1.82) is 0 Å². The summed E-state index contributed by atoms with van der Waals surface area (Å²) in [4.78, 5) is 69.9. The van der Waals surface area contributed by atoms with Crippen LogP contribution in [0.25, 0.3) is 16.5 Å². The molecule has 1 fully saturated rings. The molecule has 284 valence electrons. The summed E-state index contributed by atoms with van der Waals surface area (Å²) in [6.07, 6.45) is 5.85. The van der Waals surface area contributed by atoms with Crippen molar-refractivity contribution in [3.8, 4) is 5.69 Å². The molecule has 7 rings (SSSR count). The predicted octanol–water partition coefficient (Wildman–Crippen LogP) is 3.34. The second-order valence-electron chi connectivity index (χ2n) is 14.2. The maximum atomic E-state index is 14.5. The minimum absolute atomic E-state index is 0.0102. The van der Waals surface area contributed by atoms with Crippen molar-refractivity contribution in [2.75, 3.05) is 25.4 Å². The van der Waals surface area contributed by atoms with Gasteiger partial charge in [-0.05, 0) is 65.5 Å². The number of carbonyl (C=O) groups excluding carboxylic acids is 3. The molecular formula is C42H46N8O5. The van der Waals surface area contributed by atoms with Crippen LogP contribution in [0.2, 0.25) is 0 Å². The number of anilines is 1. The summed E-state index contributed by atoms with van der Waals surface area (Å²) in [5, 5.41) is 7.45. The van der Waals surface area contributed by atoms with Gasteiger partial charge in [0.05, 0.1) is 18.2 Å². The lowest BCUT2D eigenvalue weighted by molar-refractivity contribution is -0.133. The first-order valence-corrected chi connectivity index (χ1v) is 18.8. The van der Waals surface area contributed by atoms with Crippen LogP contribution in [0.5, 0.6) is 0 Å². The van der Waals surface area contributed by atoms with Crippen molar-refractivity contribution >= 4 is 34.2 Å². The molecule has 0 bridgehead atoms. The van der Waals surface area contributed by atoms with Gasteiger partial charge in [-0.25, -0.2) is 23.5 Å². The number of hydrogen-bond acceptors (Lipinski definition) is 7. The summed E-state index contributed by atoms with van der Waals surface area (Å²) >= 11 is 0. The van der Waals surface area contributed by atoms with Gasteiger partial charge in [0.2, 0.25) is 17.7 Å². The van der Waals surface area contributed by atoms with E-state index in [0.717, 1.165) is 27.5 Å². The molecule has 0 radical (unpaired) electrons. The van der Waals surface area contributed by atoms with Gasteiger partial charge in [-0.2, -0.15) is 0 Å². The van der Waals surface area contributed by atoms with Crippen molar-refractivity contribution in [2.24, 2.45) is 11.7 Å². The summed E-state index contributed by atoms with van der Waals surface area (Å²) in [5.74, 6) is -0.579. The van der Waals surface area contributed by atoms with Crippen LogP contribution in [0.4, 0.5) is 5.69 Å². The van der Waals surface area contributed by atoms with E-state index >= 15 is 0 Å². The van der Waals surface area contributed by atoms with Gasteiger partial charge in [-0.1, -0.05) is 84.9 Å². The molecule has 0 unspecified atom stereocenters. The van der Waals surface area contributed by atoms with Crippen LogP contribution in [0.3, 0.4) is 0 Å². The molecule has 5 aromatic rings. The van der Waals surface area contributed by atoms with Crippen molar-refractivity contribution in [2.45, 2.75) is 57.3 Å². The highest BCUT2D eigenvalue weighted by Gasteiger charge is 2.38. The van der Waals surface area contributed by atoms with Gasteiger partial charge >= 0.3 is 11.4 Å². The van der Waals surface area contributed by atoms with E-state index in [1.807, 2.05) is 83.8 Å². The number of fused-ring (bicyclic) bond motifs is 2. The van der Waals surface area contributed by atoms with E-state index in [0.29, 0.717) is 63.2 Å². The van der Waals surface area contributed by atoms with E-state index in [1.54, 1.807) is 24.3 Å². The number of allylic oxidation sites excluding steroid dienone is 1. The van der Waals surface area contributed by atoms with Crippen LogP contribution in [-0.2, 0) is 33.9 Å². The summed E-state index contributed by atoms with van der Waals surface area (Å²) in [7, 11) is 0. The van der Waals surface area contributed by atoms with Crippen LogP contribution in [0.15, 0.2) is 113 Å². The average Bonchev–Trinajstić information content (AvgIpc) is 3.48. The molecule has 2 aliphatic rings. The number of nitrogens with zero attached hydrogens (tertiary/aromatic N) is 4. The second kappa shape index (κ2) is 16.4. The zero-order chi connectivity index (χ0) is 38.5. The van der Waals surface area contributed by atoms with E-state index in [4.69, 9.17) is 11.5 Å². The smallest absolute Gasteiger partial charge is 0.352 e. The van der Waals surface area contributed by atoms with Crippen LogP contribution in [-0.4, -0.2) is 56.2 Å². The molecule has 4 aromatic carbocycles. The van der Waals surface area contributed by atoms with Gasteiger partial charge in [-0.3, -0.25) is 14.4 Å². The largest absolute Gasteiger partial charge is 0.399 e. The van der Waals surface area contributed by atoms with E-state index in [1.165, 1.54) is 13.9 Å². The standard InChI is InChI=1S/C42H46N8O5/c43-26-29-10-12-30(13-11-29)27-46-40(53)37-19-18-35(49-41(54)48(42(55)50(37)49)36-8-3-6-31-5-1-2-7-34(31)36)32-20-23-47(24-21-32)39(52)9-4-22-45-38(51)25-28-14-16-33(44)17-15-28/h1-3,5-8,10-19,32,35,37H,4,9,20-27,43-44H2,(H,45,51)(H,46,53)/t35-,37-/m1/s1. The topological polar surface area (TPSA) is 179 Å². The molecule has 3 heterocycles. The number of benzene rings is 4. The van der Waals surface area contributed by atoms with E-state index in [2.05, 4.69) is 10.6 Å². The Hall–Kier alpha value is -6.21. The van der Waals surface area contributed by atoms with Crippen LogP contribution < -0.4 is 33.5 Å². The van der Waals surface area contributed by atoms with Crippen LogP contribution in [0, 0.1) is 5.92 Å². The highest BCUT2D eigenvalue weighted by Crippen LogP contribution is 2.33. The third-order valence-corrected chi connectivity index (χ3v) is 10.7. The average molecular weight is 743 g/mol. The van der Waals surface area contributed by atoms with E-state index in [-0.39, 0.29) is 30.7 Å². The van der Waals surface area contributed by atoms with Crippen molar-refractivity contribution < 1.29 is 14.4 Å². The second-order valence-corrected chi connectivity index (χ2v) is 14.2. The molecule has 55 heavy (non-hydrogen) atoms. The minimum atomic E-state index is -1.05. The van der Waals surface area contributed by atoms with Gasteiger partial charge in [0, 0.05) is 50.2 Å². The molecule has 2 atom stereocenters. The molecule has 6 N–H and O–H groups in total. The number of likely N-dealkylation sites (tertiary alicyclic amines) is 1. The Bertz CT molecular complexity index is 2330. The van der Waals surface area contributed by atoms with Crippen LogP contribution >= 0.6 is 0 Å². The maximum absolute atomic E-state index is 14.5. The summed E-state index contributed by atoms with van der Waals surface area (Å²) in [6.45, 7) is 2.04. The molecular weight excluding hydrogens is 697 g/mol. The number of carbonyl (C=O) groups is 3. The summed E-state index contributed by atoms with van der Waals surface area (Å²) in [6, 6.07) is 26.2. The Morgan fingerprint density at radius 2 is 1.42 bits per heavy atom. The predicted molar refractivity (Wildman–Crippen MR) is 211 cm³/mol. The molecule has 0 spiro atoms. The van der Waals surface area contributed by atoms with Gasteiger partial charge in [0.15, 0.2) is 6.04 Å². The zero-order valence-corrected chi connectivity index (χ0v) is 30.6. The van der Waals surface area contributed by atoms with Gasteiger partial charge in [0.25, 0.3) is 0 Å². The monoisotopic (exact) mass is 742 g/mol. The first kappa shape index (κ1) is 37.1. The highest BCUT2D eigenvalue weighted by atomic mass is 16.2. The normalized spacial score (nSPS) is 16.9. The van der Waals surface area contributed by atoms with Crippen LogP contribution in [0.1, 0.15) is 54.5 Å². The Balaban J connectivity index is 1.05. The molecule has 1 saturated heterocycles. The van der Waals surface area contributed by atoms with Gasteiger partial charge < -0.3 is 27.0 Å². The molecule has 13 nitrogen and oxygen atoms in total. The number of amides is 3. The zero-order valence-electron chi connectivity index (χ0n) is 30.6. The lowest BCUT2D eigenvalue weighted by Gasteiger charge is -2.37. The number of nitrogens with one attached hydrogen (secondary N) is 2. The minimum Gasteiger partial charge on any atom is -0.399 e. The Morgan fingerprint density at radius 3 is 2.16 bits per heavy atom. The SMILES string of the molecule is NCc1ccc(CNC(=O)[C@H]2C=C[C@H](C3CCN(C(=O)CCCNC(=O)Cc4ccc(N)cc4)CC3)n3c(=O)n(-c4cccc5ccccc45)c(=O)n32)cc1. The van der Waals surface area contributed by atoms with Crippen molar-refractivity contribution in [1.82, 2.24) is 29.5 Å². The lowest BCUT2D eigenvalue weighted by Crippen LogP contribution is -2.46. The Labute approximate surface area is 318 Å². The Morgan fingerprint density at radius 1 is 0.745 bits per heavy atom. The molecule has 2 aliphatic heterocycles. The van der Waals surface area contributed by atoms with Gasteiger partial charge in [-0.15, -0.1) is 0 Å². The van der Waals surface area contributed by atoms with E-state index < -0.39 is 29.4 Å². The quantitative estimate of drug-likeness (QED) is 0.0860. The fourth-order valence-electron chi connectivity index (χ4n) is 7.63. The van der Waals surface area contributed by atoms with Gasteiger partial charge in [0.1, 0.15) is 0 Å². The number of hydrogen-bond donors (Lipinski definition) is 4. The number of piperidine rings is 1. The molecule has 0 saturated carbocycles. The molecule has 1 aromatic heterocycles. The fraction of sp³-hybridized carbons (Fsp3) is 0.310. The number of nitrogen functional groups attached to an aromatic ring is 1. The van der Waals surface area contributed by atoms with E-state index in [9.17, 15) is 24.0 Å². The third-order valence-electron chi connectivity index (χ3n) is 10.7. The Kier molecular flexibility index (Phi) is 11.1. The van der Waals surface area contributed by atoms with Crippen molar-refractivity contribution in [3.05, 3.63) is 141 Å². The summed E-state index contributed by atoms with van der Waals surface area (Å²) < 4.78 is 3.90. The molecule has 13 heteroatoms. The van der Waals surface area contributed by atoms with Crippen molar-refractivity contribution in [3.63, 3.8) is 0 Å². The third kappa shape index (κ3) is 8.02. The number of rotatable bonds is 12. The number of nitrogens with two attached hydrogens (primary N) is 2. The first-order valence-electron chi connectivity index (χ1n) is 18.8. The highest BCUT2D eigenvalue weighted by molar-refractivity contribution is 5.90. The fourth-order valence-corrected chi connectivity index (χ4v) is 7.63. The lowest BCUT2D eigenvalue weighted by atomic mass is 9.88. The first-order chi connectivity index (χ1) is 26.7. The molecule has 0 aliphatic carbocycles. The molecule has 3 amide bonds. The maximum Gasteiger partial charge on any atom is 0.352 e. The number of aromatic nitrogens is 3.